The topological polar surface area (TPSA) is 88.9 Å². The predicted octanol–water partition coefficient (Wildman–Crippen LogP) is 3.81. The zero-order chi connectivity index (χ0) is 22.2. The first-order chi connectivity index (χ1) is 14.8. The van der Waals surface area contributed by atoms with E-state index < -0.39 is 5.60 Å². The summed E-state index contributed by atoms with van der Waals surface area (Å²) in [5.41, 5.74) is 2.48. The SMILES string of the molecule is COc1ccccc1-c1cnn2c(C3CCN(C(=O)OC(C)(C)C)CC3)cc(=O)[nH]c12. The van der Waals surface area contributed by atoms with Crippen molar-refractivity contribution < 1.29 is 14.3 Å². The molecule has 0 aliphatic carbocycles. The van der Waals surface area contributed by atoms with Crippen LogP contribution in [0.3, 0.4) is 0 Å². The lowest BCUT2D eigenvalue weighted by atomic mass is 9.93. The molecule has 4 rings (SSSR count). The number of aromatic nitrogens is 3. The lowest BCUT2D eigenvalue weighted by Gasteiger charge is -2.33. The highest BCUT2D eigenvalue weighted by molar-refractivity contribution is 5.81. The van der Waals surface area contributed by atoms with Crippen LogP contribution >= 0.6 is 0 Å². The normalized spacial score (nSPS) is 15.3. The average molecular weight is 425 g/mol. The number of ether oxygens (including phenoxy) is 2. The summed E-state index contributed by atoms with van der Waals surface area (Å²) < 4.78 is 12.8. The van der Waals surface area contributed by atoms with E-state index in [9.17, 15) is 9.59 Å². The van der Waals surface area contributed by atoms with E-state index in [1.165, 1.54) is 0 Å². The van der Waals surface area contributed by atoms with Crippen LogP contribution in [-0.2, 0) is 4.74 Å². The van der Waals surface area contributed by atoms with Gasteiger partial charge < -0.3 is 19.4 Å². The minimum Gasteiger partial charge on any atom is -0.496 e. The van der Waals surface area contributed by atoms with Gasteiger partial charge in [-0.1, -0.05) is 18.2 Å². The minimum absolute atomic E-state index is 0.119. The molecule has 0 spiro atoms. The Morgan fingerprint density at radius 1 is 1.16 bits per heavy atom. The number of methoxy groups -OCH3 is 1. The Labute approximate surface area is 180 Å². The largest absolute Gasteiger partial charge is 0.496 e. The number of aromatic amines is 1. The summed E-state index contributed by atoms with van der Waals surface area (Å²) in [6.45, 7) is 6.74. The van der Waals surface area contributed by atoms with Crippen molar-refractivity contribution in [2.45, 2.75) is 45.1 Å². The van der Waals surface area contributed by atoms with Crippen LogP contribution in [0.4, 0.5) is 4.79 Å². The zero-order valence-electron chi connectivity index (χ0n) is 18.3. The number of H-pyrrole nitrogens is 1. The first-order valence-electron chi connectivity index (χ1n) is 10.5. The molecule has 1 aromatic carbocycles. The van der Waals surface area contributed by atoms with Crippen molar-refractivity contribution in [3.63, 3.8) is 0 Å². The number of likely N-dealkylation sites (tertiary alicyclic amines) is 1. The number of amides is 1. The molecule has 1 N–H and O–H groups in total. The Balaban J connectivity index is 1.62. The van der Waals surface area contributed by atoms with E-state index in [-0.39, 0.29) is 17.6 Å². The molecule has 0 bridgehead atoms. The molecule has 0 radical (unpaired) electrons. The summed E-state index contributed by atoms with van der Waals surface area (Å²) in [7, 11) is 1.62. The van der Waals surface area contributed by atoms with Gasteiger partial charge in [-0.05, 0) is 39.7 Å². The molecule has 164 valence electrons. The predicted molar refractivity (Wildman–Crippen MR) is 118 cm³/mol. The molecular formula is C23H28N4O4. The number of hydrogen-bond donors (Lipinski definition) is 1. The third-order valence-corrected chi connectivity index (χ3v) is 5.50. The van der Waals surface area contributed by atoms with Crippen molar-refractivity contribution >= 4 is 11.7 Å². The third-order valence-electron chi connectivity index (χ3n) is 5.50. The monoisotopic (exact) mass is 424 g/mol. The summed E-state index contributed by atoms with van der Waals surface area (Å²) in [5, 5.41) is 4.58. The van der Waals surface area contributed by atoms with Gasteiger partial charge >= 0.3 is 6.09 Å². The van der Waals surface area contributed by atoms with Crippen LogP contribution in [0.1, 0.15) is 45.2 Å². The Bertz CT molecular complexity index is 1150. The first-order valence-corrected chi connectivity index (χ1v) is 10.5. The second kappa shape index (κ2) is 8.09. The number of para-hydroxylation sites is 1. The second-order valence-electron chi connectivity index (χ2n) is 8.82. The number of hydrogen-bond acceptors (Lipinski definition) is 5. The first kappa shape index (κ1) is 21.0. The Kier molecular flexibility index (Phi) is 5.47. The molecule has 1 fully saturated rings. The van der Waals surface area contributed by atoms with Gasteiger partial charge in [-0.3, -0.25) is 4.79 Å². The maximum absolute atomic E-state index is 12.5. The van der Waals surface area contributed by atoms with Crippen LogP contribution in [0.5, 0.6) is 5.75 Å². The molecular weight excluding hydrogens is 396 g/mol. The van der Waals surface area contributed by atoms with Crippen molar-refractivity contribution in [2.75, 3.05) is 20.2 Å². The van der Waals surface area contributed by atoms with Gasteiger partial charge in [0.15, 0.2) is 0 Å². The van der Waals surface area contributed by atoms with E-state index in [0.29, 0.717) is 24.5 Å². The molecule has 0 atom stereocenters. The van der Waals surface area contributed by atoms with Crippen molar-refractivity contribution in [1.82, 2.24) is 19.5 Å². The summed E-state index contributed by atoms with van der Waals surface area (Å²) in [6, 6.07) is 9.27. The van der Waals surface area contributed by atoms with Crippen molar-refractivity contribution in [2.24, 2.45) is 0 Å². The molecule has 3 heterocycles. The smallest absolute Gasteiger partial charge is 0.410 e. The number of carbonyl (C=O) groups is 1. The Hall–Kier alpha value is -3.29. The molecule has 1 amide bonds. The highest BCUT2D eigenvalue weighted by Gasteiger charge is 2.29. The van der Waals surface area contributed by atoms with Gasteiger partial charge in [0.25, 0.3) is 5.56 Å². The molecule has 31 heavy (non-hydrogen) atoms. The van der Waals surface area contributed by atoms with Crippen LogP contribution < -0.4 is 10.3 Å². The van der Waals surface area contributed by atoms with E-state index in [2.05, 4.69) is 10.1 Å². The Morgan fingerprint density at radius 2 is 1.87 bits per heavy atom. The third kappa shape index (κ3) is 4.28. The number of fused-ring (bicyclic) bond motifs is 1. The maximum Gasteiger partial charge on any atom is 0.410 e. The van der Waals surface area contributed by atoms with Gasteiger partial charge in [-0.25, -0.2) is 9.31 Å². The van der Waals surface area contributed by atoms with Gasteiger partial charge in [0.1, 0.15) is 17.0 Å². The molecule has 1 saturated heterocycles. The van der Waals surface area contributed by atoms with Crippen LogP contribution in [0, 0.1) is 0 Å². The van der Waals surface area contributed by atoms with Crippen LogP contribution in [-0.4, -0.2) is 51.4 Å². The van der Waals surface area contributed by atoms with E-state index >= 15 is 0 Å². The second-order valence-corrected chi connectivity index (χ2v) is 8.82. The lowest BCUT2D eigenvalue weighted by Crippen LogP contribution is -2.41. The zero-order valence-corrected chi connectivity index (χ0v) is 18.3. The number of rotatable bonds is 3. The number of carbonyl (C=O) groups excluding carboxylic acids is 1. The van der Waals surface area contributed by atoms with Gasteiger partial charge in [0.05, 0.1) is 19.0 Å². The van der Waals surface area contributed by atoms with E-state index in [1.807, 2.05) is 45.0 Å². The highest BCUT2D eigenvalue weighted by atomic mass is 16.6. The fourth-order valence-electron chi connectivity index (χ4n) is 4.05. The molecule has 0 saturated carbocycles. The molecule has 2 aromatic heterocycles. The van der Waals surface area contributed by atoms with Gasteiger partial charge in [0, 0.05) is 36.2 Å². The summed E-state index contributed by atoms with van der Waals surface area (Å²) >= 11 is 0. The molecule has 3 aromatic rings. The number of nitrogens with zero attached hydrogens (tertiary/aromatic N) is 3. The summed E-state index contributed by atoms with van der Waals surface area (Å²) in [5.74, 6) is 0.836. The number of nitrogens with one attached hydrogen (secondary N) is 1. The Morgan fingerprint density at radius 3 is 2.55 bits per heavy atom. The molecule has 1 aliphatic rings. The highest BCUT2D eigenvalue weighted by Crippen LogP contribution is 2.34. The fourth-order valence-corrected chi connectivity index (χ4v) is 4.05. The van der Waals surface area contributed by atoms with Crippen molar-refractivity contribution in [3.05, 3.63) is 52.6 Å². The summed E-state index contributed by atoms with van der Waals surface area (Å²) in [4.78, 5) is 29.5. The van der Waals surface area contributed by atoms with Crippen LogP contribution in [0.25, 0.3) is 16.8 Å². The summed E-state index contributed by atoms with van der Waals surface area (Å²) in [6.07, 6.45) is 2.94. The van der Waals surface area contributed by atoms with Gasteiger partial charge in [0.2, 0.25) is 0 Å². The number of benzene rings is 1. The fraction of sp³-hybridized carbons (Fsp3) is 0.435. The van der Waals surface area contributed by atoms with Gasteiger partial charge in [-0.2, -0.15) is 5.10 Å². The van der Waals surface area contributed by atoms with Crippen molar-refractivity contribution in [3.8, 4) is 16.9 Å². The molecule has 8 nitrogen and oxygen atoms in total. The van der Waals surface area contributed by atoms with Crippen molar-refractivity contribution in [1.29, 1.82) is 0 Å². The lowest BCUT2D eigenvalue weighted by molar-refractivity contribution is 0.0203. The van der Waals surface area contributed by atoms with E-state index in [4.69, 9.17) is 9.47 Å². The molecule has 8 heteroatoms. The van der Waals surface area contributed by atoms with Crippen LogP contribution in [0.2, 0.25) is 0 Å². The van der Waals surface area contributed by atoms with Gasteiger partial charge in [-0.15, -0.1) is 0 Å². The standard InChI is InChI=1S/C23H28N4O4/c1-23(2,3)31-22(29)26-11-9-15(10-12-26)18-13-20(28)25-21-17(14-24-27(18)21)16-7-5-6-8-19(16)30-4/h5-8,13-15H,9-12H2,1-4H3,(H,25,28). The quantitative estimate of drug-likeness (QED) is 0.691. The minimum atomic E-state index is -0.517. The van der Waals surface area contributed by atoms with E-state index in [0.717, 1.165) is 29.7 Å². The number of piperidine rings is 1. The average Bonchev–Trinajstić information content (AvgIpc) is 3.15. The van der Waals surface area contributed by atoms with E-state index in [1.54, 1.807) is 28.8 Å². The van der Waals surface area contributed by atoms with Crippen LogP contribution in [0.15, 0.2) is 41.3 Å². The molecule has 1 aliphatic heterocycles. The maximum atomic E-state index is 12.5. The molecule has 0 unspecified atom stereocenters.